The van der Waals surface area contributed by atoms with Crippen LogP contribution in [0.1, 0.15) is 37.0 Å². The standard InChI is InChI=1S/C16H19ClIN3/c1-10(17)16-19-13-8-12(18)2-3-14(13)21(16)15-9-20-6-4-11(15)5-7-20/h2-3,8,10-11,15H,4-7,9H2,1H3. The monoisotopic (exact) mass is 415 g/mol. The fourth-order valence-corrected chi connectivity index (χ4v) is 4.57. The van der Waals surface area contributed by atoms with Gasteiger partial charge in [-0.25, -0.2) is 4.98 Å². The molecule has 0 aliphatic carbocycles. The van der Waals surface area contributed by atoms with Gasteiger partial charge in [-0.3, -0.25) is 0 Å². The molecular formula is C16H19ClIN3. The van der Waals surface area contributed by atoms with Crippen LogP contribution in [-0.4, -0.2) is 34.1 Å². The minimum absolute atomic E-state index is 0.0504. The van der Waals surface area contributed by atoms with E-state index in [2.05, 4.69) is 50.3 Å². The van der Waals surface area contributed by atoms with Crippen LogP contribution >= 0.6 is 34.2 Å². The molecule has 21 heavy (non-hydrogen) atoms. The second kappa shape index (κ2) is 5.39. The molecule has 3 fully saturated rings. The minimum atomic E-state index is -0.0504. The summed E-state index contributed by atoms with van der Waals surface area (Å²) < 4.78 is 3.67. The molecule has 3 aliphatic rings. The van der Waals surface area contributed by atoms with Gasteiger partial charge < -0.3 is 9.47 Å². The van der Waals surface area contributed by atoms with Gasteiger partial charge in [-0.1, -0.05) is 0 Å². The number of piperidine rings is 3. The van der Waals surface area contributed by atoms with Crippen molar-refractivity contribution in [2.75, 3.05) is 19.6 Å². The second-order valence-electron chi connectivity index (χ2n) is 6.29. The van der Waals surface area contributed by atoms with Crippen LogP contribution in [0, 0.1) is 9.49 Å². The van der Waals surface area contributed by atoms with Gasteiger partial charge in [-0.05, 0) is 79.6 Å². The van der Waals surface area contributed by atoms with E-state index in [1.54, 1.807) is 0 Å². The molecule has 0 radical (unpaired) electrons. The summed E-state index contributed by atoms with van der Waals surface area (Å²) in [6, 6.07) is 7.08. The molecule has 3 saturated heterocycles. The Morgan fingerprint density at radius 3 is 2.71 bits per heavy atom. The van der Waals surface area contributed by atoms with Gasteiger partial charge in [0.2, 0.25) is 0 Å². The van der Waals surface area contributed by atoms with Crippen LogP contribution in [0.25, 0.3) is 11.0 Å². The Labute approximate surface area is 143 Å². The average Bonchev–Trinajstić information content (AvgIpc) is 2.87. The van der Waals surface area contributed by atoms with Crippen molar-refractivity contribution < 1.29 is 0 Å². The Morgan fingerprint density at radius 2 is 2.10 bits per heavy atom. The first-order valence-electron chi connectivity index (χ1n) is 7.67. The number of halogens is 2. The van der Waals surface area contributed by atoms with E-state index in [-0.39, 0.29) is 5.38 Å². The van der Waals surface area contributed by atoms with Gasteiger partial charge in [-0.2, -0.15) is 0 Å². The maximum Gasteiger partial charge on any atom is 0.128 e. The van der Waals surface area contributed by atoms with Crippen molar-refractivity contribution >= 4 is 45.2 Å². The van der Waals surface area contributed by atoms with E-state index < -0.39 is 0 Å². The zero-order valence-corrected chi connectivity index (χ0v) is 15.0. The number of imidazole rings is 1. The minimum Gasteiger partial charge on any atom is -0.322 e. The van der Waals surface area contributed by atoms with E-state index in [4.69, 9.17) is 16.6 Å². The van der Waals surface area contributed by atoms with E-state index in [1.165, 1.54) is 35.0 Å². The van der Waals surface area contributed by atoms with E-state index in [9.17, 15) is 0 Å². The summed E-state index contributed by atoms with van der Waals surface area (Å²) in [5.41, 5.74) is 2.33. The van der Waals surface area contributed by atoms with Crippen LogP contribution in [0.4, 0.5) is 0 Å². The van der Waals surface area contributed by atoms with Crippen molar-refractivity contribution in [3.63, 3.8) is 0 Å². The molecule has 2 atom stereocenters. The molecule has 5 heteroatoms. The van der Waals surface area contributed by atoms with Crippen LogP contribution in [0.5, 0.6) is 0 Å². The van der Waals surface area contributed by atoms with Gasteiger partial charge in [0.25, 0.3) is 0 Å². The molecule has 2 aromatic rings. The molecule has 2 unspecified atom stereocenters. The lowest BCUT2D eigenvalue weighted by Crippen LogP contribution is -2.48. The van der Waals surface area contributed by atoms with Crippen LogP contribution in [0.15, 0.2) is 18.2 Å². The van der Waals surface area contributed by atoms with Gasteiger partial charge in [0.15, 0.2) is 0 Å². The highest BCUT2D eigenvalue weighted by atomic mass is 127. The third-order valence-electron chi connectivity index (χ3n) is 4.99. The number of nitrogens with zero attached hydrogens (tertiary/aromatic N) is 3. The summed E-state index contributed by atoms with van der Waals surface area (Å²) in [7, 11) is 0. The zero-order valence-electron chi connectivity index (χ0n) is 12.1. The fraction of sp³-hybridized carbons (Fsp3) is 0.562. The predicted octanol–water partition coefficient (Wildman–Crippen LogP) is 4.21. The first-order valence-corrected chi connectivity index (χ1v) is 9.19. The Kier molecular flexibility index (Phi) is 3.66. The molecule has 0 saturated carbocycles. The lowest BCUT2D eigenvalue weighted by molar-refractivity contribution is 0.0575. The maximum atomic E-state index is 6.44. The molecule has 1 aromatic carbocycles. The molecule has 4 heterocycles. The van der Waals surface area contributed by atoms with Crippen LogP contribution < -0.4 is 0 Å². The van der Waals surface area contributed by atoms with Crippen LogP contribution in [-0.2, 0) is 0 Å². The highest BCUT2D eigenvalue weighted by Crippen LogP contribution is 2.39. The Morgan fingerprint density at radius 1 is 1.33 bits per heavy atom. The van der Waals surface area contributed by atoms with Crippen LogP contribution in [0.2, 0.25) is 0 Å². The number of benzene rings is 1. The third kappa shape index (κ3) is 2.39. The number of alkyl halides is 1. The summed E-state index contributed by atoms with van der Waals surface area (Å²) >= 11 is 8.79. The van der Waals surface area contributed by atoms with Crippen LogP contribution in [0.3, 0.4) is 0 Å². The molecule has 3 nitrogen and oxygen atoms in total. The van der Waals surface area contributed by atoms with E-state index in [0.29, 0.717) is 6.04 Å². The van der Waals surface area contributed by atoms with Crippen molar-refractivity contribution in [2.24, 2.45) is 5.92 Å². The zero-order chi connectivity index (χ0) is 14.6. The van der Waals surface area contributed by atoms with Gasteiger partial charge in [0.05, 0.1) is 22.5 Å². The Balaban J connectivity index is 1.88. The Bertz CT molecular complexity index is 673. The van der Waals surface area contributed by atoms with Gasteiger partial charge >= 0.3 is 0 Å². The Hall–Kier alpha value is -0.330. The van der Waals surface area contributed by atoms with Crippen molar-refractivity contribution in [3.8, 4) is 0 Å². The molecule has 1 aromatic heterocycles. The topological polar surface area (TPSA) is 21.1 Å². The first-order chi connectivity index (χ1) is 10.1. The van der Waals surface area contributed by atoms with E-state index in [1.807, 2.05) is 6.92 Å². The van der Waals surface area contributed by atoms with Gasteiger partial charge in [0.1, 0.15) is 5.82 Å². The van der Waals surface area contributed by atoms with Gasteiger partial charge in [0, 0.05) is 10.1 Å². The molecule has 2 bridgehead atoms. The molecule has 0 amide bonds. The maximum absolute atomic E-state index is 6.44. The molecule has 3 aliphatic heterocycles. The molecule has 112 valence electrons. The molecule has 5 rings (SSSR count). The normalized spacial score (nSPS) is 30.0. The fourth-order valence-electron chi connectivity index (χ4n) is 3.95. The number of aromatic nitrogens is 2. The van der Waals surface area contributed by atoms with E-state index >= 15 is 0 Å². The first kappa shape index (κ1) is 14.3. The lowest BCUT2D eigenvalue weighted by Gasteiger charge is -2.46. The van der Waals surface area contributed by atoms with Crippen molar-refractivity contribution in [1.29, 1.82) is 0 Å². The summed E-state index contributed by atoms with van der Waals surface area (Å²) in [5, 5.41) is -0.0504. The summed E-state index contributed by atoms with van der Waals surface area (Å²) in [4.78, 5) is 7.43. The summed E-state index contributed by atoms with van der Waals surface area (Å²) in [6.45, 7) is 5.71. The molecule has 0 spiro atoms. The lowest BCUT2D eigenvalue weighted by atomic mass is 9.83. The van der Waals surface area contributed by atoms with E-state index in [0.717, 1.165) is 23.8 Å². The molecular weight excluding hydrogens is 397 g/mol. The quantitative estimate of drug-likeness (QED) is 0.541. The number of rotatable bonds is 2. The van der Waals surface area contributed by atoms with Crippen molar-refractivity contribution in [2.45, 2.75) is 31.2 Å². The average molecular weight is 416 g/mol. The summed E-state index contributed by atoms with van der Waals surface area (Å²) in [5.74, 6) is 1.81. The van der Waals surface area contributed by atoms with Gasteiger partial charge in [-0.15, -0.1) is 11.6 Å². The second-order valence-corrected chi connectivity index (χ2v) is 8.19. The smallest absolute Gasteiger partial charge is 0.128 e. The van der Waals surface area contributed by atoms with Crippen molar-refractivity contribution in [1.82, 2.24) is 14.5 Å². The predicted molar refractivity (Wildman–Crippen MR) is 94.9 cm³/mol. The highest BCUT2D eigenvalue weighted by molar-refractivity contribution is 14.1. The number of hydrogen-bond acceptors (Lipinski definition) is 2. The number of hydrogen-bond donors (Lipinski definition) is 0. The SMILES string of the molecule is CC(Cl)c1nc2cc(I)ccc2n1C1CN2CCC1CC2. The highest BCUT2D eigenvalue weighted by Gasteiger charge is 2.37. The van der Waals surface area contributed by atoms with Crippen molar-refractivity contribution in [3.05, 3.63) is 27.6 Å². The third-order valence-corrected chi connectivity index (χ3v) is 5.85. The largest absolute Gasteiger partial charge is 0.322 e. The number of fused-ring (bicyclic) bond motifs is 4. The summed E-state index contributed by atoms with van der Waals surface area (Å²) in [6.07, 6.45) is 2.62. The molecule has 0 N–H and O–H groups in total.